The average molecular weight is 655 g/mol. The summed E-state index contributed by atoms with van der Waals surface area (Å²) in [4.78, 5) is 26.8. The minimum atomic E-state index is -5.04. The summed E-state index contributed by atoms with van der Waals surface area (Å²) in [6.07, 6.45) is 6.26. The van der Waals surface area contributed by atoms with E-state index in [9.17, 15) is 22.8 Å². The summed E-state index contributed by atoms with van der Waals surface area (Å²) in [5.74, 6) is -0.940. The third-order valence-corrected chi connectivity index (χ3v) is 13.5. The SMILES string of the molecule is CO[C@@](C(=O)O[C@H](CC=C(C)C)[C@@H](C)[C@H]1CC[C@@]2(C)C3=CC[C@H]4C(C)(C)C(=O)CC[C@]4(C)C3=CC[C@]12C)(c1ccccc1)C(F)(F)F. The van der Waals surface area contributed by atoms with E-state index in [1.54, 1.807) is 6.07 Å². The van der Waals surface area contributed by atoms with Gasteiger partial charge in [-0.2, -0.15) is 13.2 Å². The highest BCUT2D eigenvalue weighted by atomic mass is 19.4. The number of carbonyl (C=O) groups excluding carboxylic acids is 2. The Hall–Kier alpha value is -2.67. The zero-order valence-electron chi connectivity index (χ0n) is 29.6. The van der Waals surface area contributed by atoms with Crippen LogP contribution in [-0.4, -0.2) is 31.1 Å². The zero-order chi connectivity index (χ0) is 34.8. The first-order valence-electron chi connectivity index (χ1n) is 17.3. The van der Waals surface area contributed by atoms with Crippen LogP contribution in [0, 0.1) is 39.4 Å². The summed E-state index contributed by atoms with van der Waals surface area (Å²) in [7, 11) is 0.915. The molecule has 4 nitrogen and oxygen atoms in total. The molecular weight excluding hydrogens is 601 g/mol. The van der Waals surface area contributed by atoms with Crippen molar-refractivity contribution in [3.8, 4) is 0 Å². The predicted octanol–water partition coefficient (Wildman–Crippen LogP) is 10.1. The molecule has 2 saturated carbocycles. The van der Waals surface area contributed by atoms with Crippen molar-refractivity contribution < 1.29 is 32.2 Å². The van der Waals surface area contributed by atoms with Crippen LogP contribution in [0.25, 0.3) is 0 Å². The maximum atomic E-state index is 14.8. The third kappa shape index (κ3) is 5.29. The zero-order valence-corrected chi connectivity index (χ0v) is 29.6. The Kier molecular flexibility index (Phi) is 9.12. The number of rotatable bonds is 8. The number of Topliss-reactive ketones (excluding diaryl/α,β-unsaturated/α-hetero) is 1. The van der Waals surface area contributed by atoms with E-state index in [0.717, 1.165) is 44.8 Å². The van der Waals surface area contributed by atoms with Crippen molar-refractivity contribution >= 4 is 11.8 Å². The maximum absolute atomic E-state index is 14.8. The topological polar surface area (TPSA) is 52.6 Å². The van der Waals surface area contributed by atoms with Crippen LogP contribution in [0.5, 0.6) is 0 Å². The van der Waals surface area contributed by atoms with Crippen molar-refractivity contribution in [2.75, 3.05) is 7.11 Å². The molecule has 0 radical (unpaired) electrons. The highest BCUT2D eigenvalue weighted by molar-refractivity contribution is 5.86. The van der Waals surface area contributed by atoms with Crippen molar-refractivity contribution in [2.24, 2.45) is 39.4 Å². The molecule has 5 rings (SSSR count). The first-order valence-corrected chi connectivity index (χ1v) is 17.3. The second kappa shape index (κ2) is 12.0. The lowest BCUT2D eigenvalue weighted by molar-refractivity contribution is -0.279. The van der Waals surface area contributed by atoms with Crippen LogP contribution in [0.1, 0.15) is 106 Å². The molecule has 0 heterocycles. The van der Waals surface area contributed by atoms with Crippen molar-refractivity contribution in [3.63, 3.8) is 0 Å². The molecule has 258 valence electrons. The number of methoxy groups -OCH3 is 1. The van der Waals surface area contributed by atoms with E-state index >= 15 is 0 Å². The Labute approximate surface area is 279 Å². The van der Waals surface area contributed by atoms with Gasteiger partial charge in [-0.1, -0.05) is 95.7 Å². The van der Waals surface area contributed by atoms with Gasteiger partial charge in [0.25, 0.3) is 5.60 Å². The third-order valence-electron chi connectivity index (χ3n) is 13.5. The van der Waals surface area contributed by atoms with Gasteiger partial charge in [0.1, 0.15) is 11.9 Å². The number of alkyl halides is 3. The largest absolute Gasteiger partial charge is 0.459 e. The van der Waals surface area contributed by atoms with Crippen LogP contribution in [0.3, 0.4) is 0 Å². The van der Waals surface area contributed by atoms with E-state index in [-0.39, 0.29) is 45.0 Å². The molecule has 0 aliphatic heterocycles. The van der Waals surface area contributed by atoms with Gasteiger partial charge >= 0.3 is 12.1 Å². The van der Waals surface area contributed by atoms with Crippen molar-refractivity contribution in [2.45, 2.75) is 118 Å². The van der Waals surface area contributed by atoms with Gasteiger partial charge in [-0.05, 0) is 91.1 Å². The van der Waals surface area contributed by atoms with E-state index < -0.39 is 23.9 Å². The monoisotopic (exact) mass is 654 g/mol. The first-order chi connectivity index (χ1) is 21.8. The normalized spacial score (nSPS) is 34.0. The number of allylic oxidation sites excluding steroid dienone is 5. The minimum Gasteiger partial charge on any atom is -0.459 e. The summed E-state index contributed by atoms with van der Waals surface area (Å²) in [6, 6.07) is 7.05. The molecule has 0 bridgehead atoms. The van der Waals surface area contributed by atoms with E-state index in [2.05, 4.69) is 46.8 Å². The Bertz CT molecular complexity index is 1480. The molecule has 0 amide bonds. The number of carbonyl (C=O) groups is 2. The van der Waals surface area contributed by atoms with Crippen molar-refractivity contribution in [1.29, 1.82) is 0 Å². The van der Waals surface area contributed by atoms with Gasteiger partial charge in [-0.15, -0.1) is 0 Å². The van der Waals surface area contributed by atoms with Crippen LogP contribution in [0.15, 0.2) is 65.3 Å². The van der Waals surface area contributed by atoms with Gasteiger partial charge in [-0.3, -0.25) is 4.79 Å². The number of ketones is 1. The Balaban J connectivity index is 1.50. The average Bonchev–Trinajstić information content (AvgIpc) is 3.28. The fraction of sp³-hybridized carbons (Fsp3) is 0.650. The molecule has 7 heteroatoms. The van der Waals surface area contributed by atoms with Crippen LogP contribution in [-0.2, 0) is 24.7 Å². The maximum Gasteiger partial charge on any atom is 0.432 e. The Morgan fingerprint density at radius 3 is 2.28 bits per heavy atom. The number of hydrogen-bond donors (Lipinski definition) is 0. The fourth-order valence-electron chi connectivity index (χ4n) is 10.3. The summed E-state index contributed by atoms with van der Waals surface area (Å²) < 4.78 is 55.5. The number of esters is 1. The van der Waals surface area contributed by atoms with Crippen molar-refractivity contribution in [1.82, 2.24) is 0 Å². The Morgan fingerprint density at radius 1 is 1.02 bits per heavy atom. The molecule has 0 unspecified atom stereocenters. The molecular formula is C40H53F3O4. The lowest BCUT2D eigenvalue weighted by Gasteiger charge is -2.59. The second-order valence-electron chi connectivity index (χ2n) is 16.3. The summed E-state index contributed by atoms with van der Waals surface area (Å²) in [5.41, 5.74) is -0.531. The van der Waals surface area contributed by atoms with Gasteiger partial charge in [0, 0.05) is 30.9 Å². The highest BCUT2D eigenvalue weighted by Gasteiger charge is 2.66. The minimum absolute atomic E-state index is 0.0738. The molecule has 4 aliphatic rings. The van der Waals surface area contributed by atoms with Crippen LogP contribution in [0.2, 0.25) is 0 Å². The van der Waals surface area contributed by atoms with E-state index in [1.165, 1.54) is 35.4 Å². The number of ether oxygens (including phenoxy) is 2. The van der Waals surface area contributed by atoms with Crippen LogP contribution < -0.4 is 0 Å². The van der Waals surface area contributed by atoms with Crippen molar-refractivity contribution in [3.05, 3.63) is 70.8 Å². The van der Waals surface area contributed by atoms with Gasteiger partial charge in [0.15, 0.2) is 0 Å². The van der Waals surface area contributed by atoms with E-state index in [4.69, 9.17) is 9.47 Å². The van der Waals surface area contributed by atoms with Gasteiger partial charge in [0.2, 0.25) is 0 Å². The number of fused-ring (bicyclic) bond motifs is 5. The Morgan fingerprint density at radius 2 is 1.68 bits per heavy atom. The molecule has 0 N–H and O–H groups in total. The summed E-state index contributed by atoms with van der Waals surface area (Å²) >= 11 is 0. The summed E-state index contributed by atoms with van der Waals surface area (Å²) in [5, 5.41) is 0. The molecule has 1 aromatic rings. The highest BCUT2D eigenvalue weighted by Crippen LogP contribution is 2.71. The molecule has 1 aromatic carbocycles. The van der Waals surface area contributed by atoms with Crippen LogP contribution >= 0.6 is 0 Å². The van der Waals surface area contributed by atoms with Gasteiger partial charge in [-0.25, -0.2) is 4.79 Å². The quantitative estimate of drug-likeness (QED) is 0.207. The number of hydrogen-bond acceptors (Lipinski definition) is 4. The first kappa shape index (κ1) is 35.6. The number of halogens is 3. The predicted molar refractivity (Wildman–Crippen MR) is 178 cm³/mol. The second-order valence-corrected chi connectivity index (χ2v) is 16.3. The molecule has 4 aliphatic carbocycles. The lowest BCUT2D eigenvalue weighted by atomic mass is 9.44. The van der Waals surface area contributed by atoms with Gasteiger partial charge < -0.3 is 9.47 Å². The standard InChI is InChI=1S/C40H53F3O4/c1-25(2)15-17-31(47-34(45)39(46-9,40(41,42)43)27-13-11-10-12-14-27)26(3)28-19-23-38(8)30-16-18-32-35(4,5)33(44)21-22-36(32,6)29(30)20-24-37(28,38)7/h10-16,20,26,28,31-32H,17-19,21-24H2,1-9H3/t26-,28+,31+,32-,36+,37+,38-,39+/m0/s1. The fourth-order valence-corrected chi connectivity index (χ4v) is 10.3. The molecule has 0 spiro atoms. The molecule has 0 saturated heterocycles. The molecule has 47 heavy (non-hydrogen) atoms. The van der Waals surface area contributed by atoms with Crippen LogP contribution in [0.4, 0.5) is 13.2 Å². The van der Waals surface area contributed by atoms with E-state index in [1.807, 2.05) is 26.8 Å². The lowest BCUT2D eigenvalue weighted by Crippen LogP contribution is -2.54. The van der Waals surface area contributed by atoms with E-state index in [0.29, 0.717) is 18.6 Å². The summed E-state index contributed by atoms with van der Waals surface area (Å²) in [6.45, 7) is 17.2. The van der Waals surface area contributed by atoms with Gasteiger partial charge in [0.05, 0.1) is 0 Å². The molecule has 2 fully saturated rings. The molecule has 8 atom stereocenters. The number of benzene rings is 1. The smallest absolute Gasteiger partial charge is 0.432 e. The molecule has 0 aromatic heterocycles.